The summed E-state index contributed by atoms with van der Waals surface area (Å²) >= 11 is 11.7. The van der Waals surface area contributed by atoms with Crippen LogP contribution in [0, 0.1) is 0 Å². The molecular formula is C12H7Cl2N3O3. The highest BCUT2D eigenvalue weighted by atomic mass is 35.5. The largest absolute Gasteiger partial charge is 0.478 e. The molecule has 0 atom stereocenters. The summed E-state index contributed by atoms with van der Waals surface area (Å²) in [6.07, 6.45) is 3.99. The molecule has 0 fully saturated rings. The molecule has 102 valence electrons. The van der Waals surface area contributed by atoms with Crippen LogP contribution in [-0.2, 0) is 0 Å². The van der Waals surface area contributed by atoms with Crippen LogP contribution in [0.2, 0.25) is 10.0 Å². The fraction of sp³-hybridized carbons (Fsp3) is 0. The van der Waals surface area contributed by atoms with Crippen molar-refractivity contribution in [1.82, 2.24) is 9.97 Å². The first-order valence-electron chi connectivity index (χ1n) is 5.29. The second-order valence-electron chi connectivity index (χ2n) is 3.63. The van der Waals surface area contributed by atoms with Gasteiger partial charge in [-0.25, -0.2) is 9.78 Å². The highest BCUT2D eigenvalue weighted by Gasteiger charge is 2.20. The van der Waals surface area contributed by atoms with Gasteiger partial charge in [0.25, 0.3) is 5.91 Å². The SMILES string of the molecule is O=C(Nc1c(Cl)ccc(Cl)c1C(=O)O)c1cnccn1. The Morgan fingerprint density at radius 3 is 2.45 bits per heavy atom. The number of anilines is 1. The number of nitrogens with zero attached hydrogens (tertiary/aromatic N) is 2. The number of aromatic nitrogens is 2. The van der Waals surface area contributed by atoms with Gasteiger partial charge in [0.15, 0.2) is 0 Å². The lowest BCUT2D eigenvalue weighted by atomic mass is 10.1. The maximum atomic E-state index is 11.9. The maximum Gasteiger partial charge on any atom is 0.339 e. The molecule has 1 amide bonds. The molecule has 6 nitrogen and oxygen atoms in total. The van der Waals surface area contributed by atoms with Crippen molar-refractivity contribution in [3.05, 3.63) is 52.0 Å². The number of hydrogen-bond acceptors (Lipinski definition) is 4. The molecule has 0 aliphatic rings. The van der Waals surface area contributed by atoms with E-state index in [9.17, 15) is 9.59 Å². The number of carboxylic acid groups (broad SMARTS) is 1. The molecule has 1 aromatic heterocycles. The van der Waals surface area contributed by atoms with Crippen LogP contribution in [0.1, 0.15) is 20.8 Å². The van der Waals surface area contributed by atoms with Crippen LogP contribution < -0.4 is 5.32 Å². The number of benzene rings is 1. The Labute approximate surface area is 123 Å². The number of amides is 1. The molecule has 2 N–H and O–H groups in total. The predicted octanol–water partition coefficient (Wildman–Crippen LogP) is 2.73. The summed E-state index contributed by atoms with van der Waals surface area (Å²) in [5.41, 5.74) is -0.335. The van der Waals surface area contributed by atoms with Gasteiger partial charge in [0, 0.05) is 12.4 Å². The van der Waals surface area contributed by atoms with Crippen LogP contribution in [0.4, 0.5) is 5.69 Å². The maximum absolute atomic E-state index is 11.9. The van der Waals surface area contributed by atoms with E-state index >= 15 is 0 Å². The lowest BCUT2D eigenvalue weighted by Gasteiger charge is -2.11. The van der Waals surface area contributed by atoms with Crippen molar-refractivity contribution in [3.8, 4) is 0 Å². The van der Waals surface area contributed by atoms with Gasteiger partial charge in [-0.15, -0.1) is 0 Å². The van der Waals surface area contributed by atoms with Crippen LogP contribution in [0.15, 0.2) is 30.7 Å². The molecular weight excluding hydrogens is 305 g/mol. The van der Waals surface area contributed by atoms with Gasteiger partial charge in [-0.05, 0) is 12.1 Å². The number of carboxylic acids is 1. The van der Waals surface area contributed by atoms with Gasteiger partial charge in [-0.3, -0.25) is 9.78 Å². The molecule has 0 saturated heterocycles. The van der Waals surface area contributed by atoms with Crippen LogP contribution in [-0.4, -0.2) is 27.0 Å². The number of halogens is 2. The Morgan fingerprint density at radius 1 is 1.15 bits per heavy atom. The van der Waals surface area contributed by atoms with Crippen molar-refractivity contribution in [2.75, 3.05) is 5.32 Å². The zero-order valence-electron chi connectivity index (χ0n) is 9.80. The summed E-state index contributed by atoms with van der Waals surface area (Å²) in [6, 6.07) is 2.73. The molecule has 0 saturated carbocycles. The van der Waals surface area contributed by atoms with Crippen LogP contribution >= 0.6 is 23.2 Å². The minimum absolute atomic E-state index is 0.0277. The monoisotopic (exact) mass is 311 g/mol. The smallest absolute Gasteiger partial charge is 0.339 e. The molecule has 0 aliphatic carbocycles. The van der Waals surface area contributed by atoms with Gasteiger partial charge >= 0.3 is 5.97 Å². The van der Waals surface area contributed by atoms with Crippen molar-refractivity contribution in [1.29, 1.82) is 0 Å². The molecule has 0 unspecified atom stereocenters. The van der Waals surface area contributed by atoms with Crippen molar-refractivity contribution < 1.29 is 14.7 Å². The van der Waals surface area contributed by atoms with Crippen molar-refractivity contribution in [3.63, 3.8) is 0 Å². The van der Waals surface area contributed by atoms with E-state index < -0.39 is 11.9 Å². The average molecular weight is 312 g/mol. The second-order valence-corrected chi connectivity index (χ2v) is 4.44. The summed E-state index contributed by atoms with van der Waals surface area (Å²) in [6.45, 7) is 0. The first kappa shape index (κ1) is 14.2. The third kappa shape index (κ3) is 2.87. The van der Waals surface area contributed by atoms with E-state index in [0.29, 0.717) is 0 Å². The van der Waals surface area contributed by atoms with Crippen LogP contribution in [0.5, 0.6) is 0 Å². The zero-order chi connectivity index (χ0) is 14.7. The Balaban J connectivity index is 2.41. The van der Waals surface area contributed by atoms with Crippen LogP contribution in [0.3, 0.4) is 0 Å². The summed E-state index contributed by atoms with van der Waals surface area (Å²) in [7, 11) is 0. The van der Waals surface area contributed by atoms with Gasteiger partial charge in [0.2, 0.25) is 0 Å². The standard InChI is InChI=1S/C12H7Cl2N3O3/c13-6-1-2-7(14)10(9(6)12(19)20)17-11(18)8-5-15-3-4-16-8/h1-5H,(H,17,18)(H,19,20). The molecule has 2 aromatic rings. The minimum Gasteiger partial charge on any atom is -0.478 e. The molecule has 1 aromatic carbocycles. The Kier molecular flexibility index (Phi) is 4.16. The second kappa shape index (κ2) is 5.85. The Morgan fingerprint density at radius 2 is 1.85 bits per heavy atom. The lowest BCUT2D eigenvalue weighted by molar-refractivity contribution is 0.0698. The number of carbonyl (C=O) groups excluding carboxylic acids is 1. The van der Waals surface area contributed by atoms with E-state index in [0.717, 1.165) is 0 Å². The van der Waals surface area contributed by atoms with Gasteiger partial charge in [-0.2, -0.15) is 0 Å². The van der Waals surface area contributed by atoms with Gasteiger partial charge in [-0.1, -0.05) is 23.2 Å². The lowest BCUT2D eigenvalue weighted by Crippen LogP contribution is -2.17. The van der Waals surface area contributed by atoms with E-state index in [2.05, 4.69) is 15.3 Å². The average Bonchev–Trinajstić information content (AvgIpc) is 2.43. The number of carbonyl (C=O) groups is 2. The van der Waals surface area contributed by atoms with Crippen LogP contribution in [0.25, 0.3) is 0 Å². The molecule has 0 bridgehead atoms. The third-order valence-corrected chi connectivity index (χ3v) is 2.98. The van der Waals surface area contributed by atoms with Gasteiger partial charge < -0.3 is 10.4 Å². The first-order chi connectivity index (χ1) is 9.50. The zero-order valence-corrected chi connectivity index (χ0v) is 11.3. The third-order valence-electron chi connectivity index (χ3n) is 2.35. The molecule has 1 heterocycles. The molecule has 0 spiro atoms. The molecule has 0 radical (unpaired) electrons. The molecule has 20 heavy (non-hydrogen) atoms. The number of nitrogens with one attached hydrogen (secondary N) is 1. The van der Waals surface area contributed by atoms with E-state index in [1.165, 1.54) is 30.7 Å². The van der Waals surface area contributed by atoms with Crippen molar-refractivity contribution in [2.24, 2.45) is 0 Å². The Hall–Kier alpha value is -2.18. The molecule has 0 aliphatic heterocycles. The van der Waals surface area contributed by atoms with Crippen molar-refractivity contribution in [2.45, 2.75) is 0 Å². The van der Waals surface area contributed by atoms with E-state index in [1.54, 1.807) is 0 Å². The topological polar surface area (TPSA) is 92.2 Å². The summed E-state index contributed by atoms with van der Waals surface area (Å²) in [4.78, 5) is 30.7. The van der Waals surface area contributed by atoms with Gasteiger partial charge in [0.1, 0.15) is 11.3 Å². The van der Waals surface area contributed by atoms with E-state index in [1.807, 2.05) is 0 Å². The molecule has 8 heteroatoms. The highest BCUT2D eigenvalue weighted by Crippen LogP contribution is 2.32. The number of hydrogen-bond donors (Lipinski definition) is 2. The van der Waals surface area contributed by atoms with E-state index in [-0.39, 0.29) is 27.0 Å². The fourth-order valence-corrected chi connectivity index (χ4v) is 1.92. The predicted molar refractivity (Wildman–Crippen MR) is 73.4 cm³/mol. The van der Waals surface area contributed by atoms with E-state index in [4.69, 9.17) is 28.3 Å². The number of aromatic carboxylic acids is 1. The minimum atomic E-state index is -1.30. The summed E-state index contributed by atoms with van der Waals surface area (Å²) < 4.78 is 0. The number of rotatable bonds is 3. The highest BCUT2D eigenvalue weighted by molar-refractivity contribution is 6.38. The van der Waals surface area contributed by atoms with Crippen molar-refractivity contribution >= 4 is 40.8 Å². The molecule has 2 rings (SSSR count). The summed E-state index contributed by atoms with van der Waals surface area (Å²) in [5, 5.41) is 11.5. The van der Waals surface area contributed by atoms with Gasteiger partial charge in [0.05, 0.1) is 21.9 Å². The normalized spacial score (nSPS) is 10.1. The fourth-order valence-electron chi connectivity index (χ4n) is 1.48. The first-order valence-corrected chi connectivity index (χ1v) is 6.05. The quantitative estimate of drug-likeness (QED) is 0.909. The summed E-state index contributed by atoms with van der Waals surface area (Å²) in [5.74, 6) is -1.93. The Bertz CT molecular complexity index is 677.